The number of hydrogen-bond donors (Lipinski definition) is 0. The first-order chi connectivity index (χ1) is 11.6. The molecule has 0 spiro atoms. The summed E-state index contributed by atoms with van der Waals surface area (Å²) in [5.41, 5.74) is 3.34. The van der Waals surface area contributed by atoms with Crippen LogP contribution in [0.25, 0.3) is 6.08 Å². The molecule has 0 aliphatic heterocycles. The number of ether oxygens (including phenoxy) is 1. The van der Waals surface area contributed by atoms with Crippen molar-refractivity contribution in [1.82, 2.24) is 0 Å². The van der Waals surface area contributed by atoms with Gasteiger partial charge in [-0.1, -0.05) is 52.3 Å². The fraction of sp³-hybridized carbons (Fsp3) is 0.571. The van der Waals surface area contributed by atoms with Crippen LogP contribution in [0.15, 0.2) is 24.3 Å². The van der Waals surface area contributed by atoms with Crippen LogP contribution in [-0.2, 0) is 20.6 Å². The van der Waals surface area contributed by atoms with Crippen molar-refractivity contribution in [3.63, 3.8) is 0 Å². The van der Waals surface area contributed by atoms with Crippen LogP contribution in [0, 0.1) is 6.92 Å². The summed E-state index contributed by atoms with van der Waals surface area (Å²) >= 11 is 0. The van der Waals surface area contributed by atoms with Crippen molar-refractivity contribution in [2.45, 2.75) is 72.2 Å². The molecule has 0 bridgehead atoms. The van der Waals surface area contributed by atoms with Crippen molar-refractivity contribution in [2.75, 3.05) is 6.61 Å². The van der Waals surface area contributed by atoms with Gasteiger partial charge in [-0.15, -0.1) is 0 Å². The summed E-state index contributed by atoms with van der Waals surface area (Å²) < 4.78 is 11.4. The predicted octanol–water partition coefficient (Wildman–Crippen LogP) is 5.87. The minimum absolute atomic E-state index is 0.211. The number of carbonyl (C=O) groups is 1. The Morgan fingerprint density at radius 3 is 2.48 bits per heavy atom. The second kappa shape index (κ2) is 9.34. The van der Waals surface area contributed by atoms with E-state index in [0.29, 0.717) is 13.2 Å². The molecular weight excluding hydrogens is 328 g/mol. The first kappa shape index (κ1) is 21.6. The molecule has 0 amide bonds. The lowest BCUT2D eigenvalue weighted by Crippen LogP contribution is -2.40. The maximum Gasteiger partial charge on any atom is 0.330 e. The molecule has 4 heteroatoms. The number of rotatable bonds is 8. The first-order valence-corrected chi connectivity index (χ1v) is 12.1. The molecule has 0 N–H and O–H groups in total. The van der Waals surface area contributed by atoms with Crippen LogP contribution in [0.2, 0.25) is 18.1 Å². The molecule has 0 saturated carbocycles. The molecule has 1 aromatic carbocycles. The quantitative estimate of drug-likeness (QED) is 0.251. The molecule has 0 aliphatic rings. The van der Waals surface area contributed by atoms with Gasteiger partial charge in [-0.25, -0.2) is 4.79 Å². The highest BCUT2D eigenvalue weighted by atomic mass is 28.4. The Bertz CT molecular complexity index is 598. The number of esters is 1. The second-order valence-electron chi connectivity index (χ2n) is 8.09. The zero-order valence-electron chi connectivity index (χ0n) is 16.9. The van der Waals surface area contributed by atoms with Gasteiger partial charge in [0.15, 0.2) is 8.32 Å². The van der Waals surface area contributed by atoms with E-state index < -0.39 is 8.32 Å². The summed E-state index contributed by atoms with van der Waals surface area (Å²) in [6.07, 6.45) is 5.25. The molecule has 0 saturated heterocycles. The molecule has 140 valence electrons. The van der Waals surface area contributed by atoms with E-state index in [-0.39, 0.29) is 11.0 Å². The Kier molecular flexibility index (Phi) is 8.09. The monoisotopic (exact) mass is 362 g/mol. The number of benzene rings is 1. The van der Waals surface area contributed by atoms with Crippen molar-refractivity contribution in [2.24, 2.45) is 0 Å². The molecule has 3 nitrogen and oxygen atoms in total. The van der Waals surface area contributed by atoms with E-state index in [9.17, 15) is 4.79 Å². The fourth-order valence-corrected chi connectivity index (χ4v) is 2.98. The van der Waals surface area contributed by atoms with Crippen molar-refractivity contribution < 1.29 is 14.0 Å². The van der Waals surface area contributed by atoms with E-state index in [1.807, 2.05) is 12.1 Å². The zero-order valence-corrected chi connectivity index (χ0v) is 17.9. The van der Waals surface area contributed by atoms with Gasteiger partial charge in [0.1, 0.15) is 0 Å². The third-order valence-electron chi connectivity index (χ3n) is 4.88. The van der Waals surface area contributed by atoms with Crippen molar-refractivity contribution >= 4 is 20.4 Å². The lowest BCUT2D eigenvalue weighted by atomic mass is 10.1. The minimum atomic E-state index is -1.74. The van der Waals surface area contributed by atoms with Crippen LogP contribution in [0.1, 0.15) is 57.2 Å². The van der Waals surface area contributed by atoms with Gasteiger partial charge in [-0.2, -0.15) is 0 Å². The molecular formula is C21H34O3Si. The topological polar surface area (TPSA) is 35.5 Å². The van der Waals surface area contributed by atoms with Gasteiger partial charge >= 0.3 is 5.97 Å². The summed E-state index contributed by atoms with van der Waals surface area (Å²) in [4.78, 5) is 11.7. The van der Waals surface area contributed by atoms with Crippen LogP contribution >= 0.6 is 0 Å². The molecule has 25 heavy (non-hydrogen) atoms. The van der Waals surface area contributed by atoms with Crippen molar-refractivity contribution in [1.29, 1.82) is 0 Å². The van der Waals surface area contributed by atoms with Crippen molar-refractivity contribution in [3.8, 4) is 0 Å². The van der Waals surface area contributed by atoms with Gasteiger partial charge in [-0.3, -0.25) is 0 Å². The Morgan fingerprint density at radius 2 is 1.92 bits per heavy atom. The van der Waals surface area contributed by atoms with E-state index in [4.69, 9.17) is 9.16 Å². The van der Waals surface area contributed by atoms with Gasteiger partial charge in [-0.05, 0) is 54.2 Å². The maximum atomic E-state index is 11.7. The average molecular weight is 363 g/mol. The smallest absolute Gasteiger partial charge is 0.330 e. The highest BCUT2D eigenvalue weighted by Crippen LogP contribution is 2.37. The average Bonchev–Trinajstić information content (AvgIpc) is 2.51. The standard InChI is InChI=1S/C21H34O3Si/c1-8-9-14-23-20(22)13-12-19-11-10-18(15-17(19)2)16-24-25(6,7)21(3,4)5/h10-13,15H,8-9,14,16H2,1-7H3/b13-12+. The molecule has 0 atom stereocenters. The minimum Gasteiger partial charge on any atom is -0.463 e. The molecule has 1 rings (SSSR count). The van der Waals surface area contributed by atoms with Gasteiger partial charge in [0, 0.05) is 6.08 Å². The molecule has 0 unspecified atom stereocenters. The van der Waals surface area contributed by atoms with Gasteiger partial charge in [0.05, 0.1) is 13.2 Å². The predicted molar refractivity (Wildman–Crippen MR) is 108 cm³/mol. The summed E-state index contributed by atoms with van der Waals surface area (Å²) in [5.74, 6) is -0.279. The highest BCUT2D eigenvalue weighted by molar-refractivity contribution is 6.74. The highest BCUT2D eigenvalue weighted by Gasteiger charge is 2.36. The van der Waals surface area contributed by atoms with Gasteiger partial charge < -0.3 is 9.16 Å². The van der Waals surface area contributed by atoms with Crippen LogP contribution in [0.5, 0.6) is 0 Å². The molecule has 0 aromatic heterocycles. The Morgan fingerprint density at radius 1 is 1.24 bits per heavy atom. The summed E-state index contributed by atoms with van der Waals surface area (Å²) in [5, 5.41) is 0.211. The summed E-state index contributed by atoms with van der Waals surface area (Å²) in [6, 6.07) is 6.24. The van der Waals surface area contributed by atoms with Crippen LogP contribution in [0.3, 0.4) is 0 Å². The number of aryl methyl sites for hydroxylation is 1. The first-order valence-electron chi connectivity index (χ1n) is 9.15. The lowest BCUT2D eigenvalue weighted by molar-refractivity contribution is -0.137. The van der Waals surface area contributed by atoms with Crippen LogP contribution in [0.4, 0.5) is 0 Å². The SMILES string of the molecule is CCCCOC(=O)/C=C/c1ccc(CO[Si](C)(C)C(C)(C)C)cc1C. The molecule has 1 aromatic rings. The normalized spacial score (nSPS) is 12.6. The van der Waals surface area contributed by atoms with Gasteiger partial charge in [0.2, 0.25) is 0 Å². The Balaban J connectivity index is 2.67. The van der Waals surface area contributed by atoms with Gasteiger partial charge in [0.25, 0.3) is 0 Å². The Hall–Kier alpha value is -1.39. The molecule has 0 heterocycles. The largest absolute Gasteiger partial charge is 0.463 e. The number of unbranched alkanes of at least 4 members (excludes halogenated alkanes) is 1. The molecule has 0 fully saturated rings. The summed E-state index contributed by atoms with van der Waals surface area (Å²) in [6.45, 7) is 16.5. The number of carbonyl (C=O) groups excluding carboxylic acids is 1. The summed E-state index contributed by atoms with van der Waals surface area (Å²) in [7, 11) is -1.74. The molecule has 0 radical (unpaired) electrons. The van der Waals surface area contributed by atoms with E-state index in [1.165, 1.54) is 11.6 Å². The second-order valence-corrected chi connectivity index (χ2v) is 12.9. The lowest BCUT2D eigenvalue weighted by Gasteiger charge is -2.36. The van der Waals surface area contributed by atoms with E-state index >= 15 is 0 Å². The zero-order chi connectivity index (χ0) is 19.1. The van der Waals surface area contributed by atoms with E-state index in [1.54, 1.807) is 0 Å². The van der Waals surface area contributed by atoms with Crippen molar-refractivity contribution in [3.05, 3.63) is 41.0 Å². The van der Waals surface area contributed by atoms with Crippen LogP contribution < -0.4 is 0 Å². The van der Waals surface area contributed by atoms with Crippen LogP contribution in [-0.4, -0.2) is 20.9 Å². The molecule has 0 aliphatic carbocycles. The van der Waals surface area contributed by atoms with E-state index in [2.05, 4.69) is 59.8 Å². The van der Waals surface area contributed by atoms with E-state index in [0.717, 1.165) is 24.0 Å². The number of hydrogen-bond acceptors (Lipinski definition) is 3. The third kappa shape index (κ3) is 7.16. The maximum absolute atomic E-state index is 11.7. The third-order valence-corrected chi connectivity index (χ3v) is 9.36. The fourth-order valence-electron chi connectivity index (χ4n) is 2.02. The Labute approximate surface area is 154 Å².